The van der Waals surface area contributed by atoms with Crippen LogP contribution in [0.5, 0.6) is 5.75 Å². The van der Waals surface area contributed by atoms with Gasteiger partial charge in [0.25, 0.3) is 0 Å². The maximum atomic E-state index is 12.2. The normalized spacial score (nSPS) is 15.9. The summed E-state index contributed by atoms with van der Waals surface area (Å²) < 4.78 is 1.56. The number of anilines is 1. The number of phenolic OH excluding ortho intramolecular Hbond substituents is 1. The third-order valence-corrected chi connectivity index (χ3v) is 5.04. The van der Waals surface area contributed by atoms with Crippen LogP contribution in [0.3, 0.4) is 0 Å². The van der Waals surface area contributed by atoms with Crippen molar-refractivity contribution in [1.29, 1.82) is 0 Å². The van der Waals surface area contributed by atoms with Crippen LogP contribution in [0.25, 0.3) is 11.4 Å². The first-order valence-electron chi connectivity index (χ1n) is 8.33. The Kier molecular flexibility index (Phi) is 4.49. The van der Waals surface area contributed by atoms with E-state index < -0.39 is 11.9 Å². The van der Waals surface area contributed by atoms with Crippen LogP contribution in [0.1, 0.15) is 18.5 Å². The number of nitrogens with one attached hydrogen (secondary N) is 1. The lowest BCUT2D eigenvalue weighted by atomic mass is 9.95. The Morgan fingerprint density at radius 2 is 2.04 bits per heavy atom. The summed E-state index contributed by atoms with van der Waals surface area (Å²) in [6.07, 6.45) is 0. The number of hydrogen-bond donors (Lipinski definition) is 3. The molecule has 0 saturated heterocycles. The lowest BCUT2D eigenvalue weighted by Gasteiger charge is -2.28. The first-order chi connectivity index (χ1) is 13.3. The highest BCUT2D eigenvalue weighted by molar-refractivity contribution is 6.35. The minimum Gasteiger partial charge on any atom is -0.508 e. The van der Waals surface area contributed by atoms with Crippen LogP contribution >= 0.6 is 23.2 Å². The molecule has 0 spiro atoms. The molecule has 2 aromatic carbocycles. The molecule has 1 amide bonds. The second kappa shape index (κ2) is 6.85. The van der Waals surface area contributed by atoms with Gasteiger partial charge in [0, 0.05) is 26.9 Å². The van der Waals surface area contributed by atoms with Gasteiger partial charge in [0.05, 0.1) is 5.57 Å². The number of carbonyl (C=O) groups is 1. The SMILES string of the molecule is CC1=C(C(N)=O)C(c2ccc(Cl)cc2Cl)n2nc(-c3cccc(O)c3)nc2N1. The molecule has 4 N–H and O–H groups in total. The fourth-order valence-corrected chi connectivity index (χ4v) is 3.76. The summed E-state index contributed by atoms with van der Waals surface area (Å²) in [7, 11) is 0. The van der Waals surface area contributed by atoms with Gasteiger partial charge in [-0.05, 0) is 31.2 Å². The number of benzene rings is 2. The number of aromatic nitrogens is 3. The van der Waals surface area contributed by atoms with E-state index in [1.165, 1.54) is 0 Å². The van der Waals surface area contributed by atoms with Crippen LogP contribution in [0, 0.1) is 0 Å². The van der Waals surface area contributed by atoms with Gasteiger partial charge in [0.15, 0.2) is 5.82 Å². The second-order valence-electron chi connectivity index (χ2n) is 6.35. The molecule has 142 valence electrons. The van der Waals surface area contributed by atoms with Crippen molar-refractivity contribution in [2.75, 3.05) is 5.32 Å². The van der Waals surface area contributed by atoms with Gasteiger partial charge in [-0.2, -0.15) is 4.98 Å². The molecule has 2 heterocycles. The topological polar surface area (TPSA) is 106 Å². The van der Waals surface area contributed by atoms with Crippen molar-refractivity contribution in [3.8, 4) is 17.1 Å². The van der Waals surface area contributed by atoms with Crippen LogP contribution in [-0.4, -0.2) is 25.8 Å². The number of nitrogens with two attached hydrogens (primary N) is 1. The highest BCUT2D eigenvalue weighted by Gasteiger charge is 2.34. The Morgan fingerprint density at radius 3 is 2.71 bits per heavy atom. The molecule has 1 atom stereocenters. The number of carbonyl (C=O) groups excluding carboxylic acids is 1. The zero-order chi connectivity index (χ0) is 20.0. The van der Waals surface area contributed by atoms with E-state index in [-0.39, 0.29) is 5.75 Å². The number of hydrogen-bond acceptors (Lipinski definition) is 5. The fourth-order valence-electron chi connectivity index (χ4n) is 3.25. The molecular weight excluding hydrogens is 401 g/mol. The maximum absolute atomic E-state index is 12.2. The van der Waals surface area contributed by atoms with Crippen molar-refractivity contribution in [3.63, 3.8) is 0 Å². The van der Waals surface area contributed by atoms with Crippen molar-refractivity contribution < 1.29 is 9.90 Å². The Bertz CT molecular complexity index is 1140. The standard InChI is InChI=1S/C19H15Cl2N5O2/c1-9-15(17(22)28)16(13-6-5-11(20)8-14(13)21)26-19(23-9)24-18(25-26)10-3-2-4-12(27)7-10/h2-8,16,27H,1H3,(H2,22,28)(H,23,24,25). The van der Waals surface area contributed by atoms with Gasteiger partial charge < -0.3 is 16.2 Å². The van der Waals surface area contributed by atoms with Crippen LogP contribution in [0.4, 0.5) is 5.95 Å². The number of rotatable bonds is 3. The molecule has 0 saturated carbocycles. The smallest absolute Gasteiger partial charge is 0.248 e. The molecule has 3 aromatic rings. The quantitative estimate of drug-likeness (QED) is 0.603. The molecule has 0 fully saturated rings. The first kappa shape index (κ1) is 18.3. The van der Waals surface area contributed by atoms with Crippen LogP contribution in [0.15, 0.2) is 53.7 Å². The monoisotopic (exact) mass is 415 g/mol. The number of allylic oxidation sites excluding steroid dienone is 1. The number of amides is 1. The van der Waals surface area contributed by atoms with Gasteiger partial charge in [-0.25, -0.2) is 4.68 Å². The predicted molar refractivity (Wildman–Crippen MR) is 107 cm³/mol. The third kappa shape index (κ3) is 3.08. The minimum absolute atomic E-state index is 0.0997. The van der Waals surface area contributed by atoms with Gasteiger partial charge >= 0.3 is 0 Å². The molecule has 0 aliphatic carbocycles. The van der Waals surface area contributed by atoms with Crippen molar-refractivity contribution in [2.45, 2.75) is 13.0 Å². The molecule has 7 nitrogen and oxygen atoms in total. The number of primary amides is 1. The van der Waals surface area contributed by atoms with Crippen LogP contribution in [0.2, 0.25) is 10.0 Å². The van der Waals surface area contributed by atoms with E-state index in [2.05, 4.69) is 15.4 Å². The van der Waals surface area contributed by atoms with E-state index in [0.717, 1.165) is 0 Å². The zero-order valence-corrected chi connectivity index (χ0v) is 16.2. The molecule has 0 radical (unpaired) electrons. The molecule has 1 aliphatic rings. The predicted octanol–water partition coefficient (Wildman–Crippen LogP) is 3.73. The molecule has 9 heteroatoms. The highest BCUT2D eigenvalue weighted by Crippen LogP contribution is 2.39. The van der Waals surface area contributed by atoms with Gasteiger partial charge in [0.1, 0.15) is 11.8 Å². The second-order valence-corrected chi connectivity index (χ2v) is 7.19. The summed E-state index contributed by atoms with van der Waals surface area (Å²) in [5.41, 5.74) is 7.79. The molecule has 28 heavy (non-hydrogen) atoms. The van der Waals surface area contributed by atoms with Gasteiger partial charge in [-0.1, -0.05) is 41.4 Å². The average molecular weight is 416 g/mol. The Hall–Kier alpha value is -3.03. The molecular formula is C19H15Cl2N5O2. The zero-order valence-electron chi connectivity index (χ0n) is 14.6. The number of halogens is 2. The summed E-state index contributed by atoms with van der Waals surface area (Å²) in [6, 6.07) is 10.9. The van der Waals surface area contributed by atoms with E-state index in [1.807, 2.05) is 0 Å². The van der Waals surface area contributed by atoms with E-state index in [0.29, 0.717) is 44.2 Å². The molecule has 1 unspecified atom stereocenters. The van der Waals surface area contributed by atoms with Crippen LogP contribution in [-0.2, 0) is 4.79 Å². The van der Waals surface area contributed by atoms with Crippen molar-refractivity contribution in [3.05, 3.63) is 69.3 Å². The summed E-state index contributed by atoms with van der Waals surface area (Å²) >= 11 is 12.4. The van der Waals surface area contributed by atoms with Crippen LogP contribution < -0.4 is 11.1 Å². The highest BCUT2D eigenvalue weighted by atomic mass is 35.5. The Balaban J connectivity index is 1.92. The van der Waals surface area contributed by atoms with Crippen molar-refractivity contribution >= 4 is 35.1 Å². The first-order valence-corrected chi connectivity index (χ1v) is 9.09. The van der Waals surface area contributed by atoms with Crippen molar-refractivity contribution in [1.82, 2.24) is 14.8 Å². The van der Waals surface area contributed by atoms with E-state index in [9.17, 15) is 9.90 Å². The van der Waals surface area contributed by atoms with E-state index in [1.54, 1.807) is 54.1 Å². The van der Waals surface area contributed by atoms with E-state index >= 15 is 0 Å². The maximum Gasteiger partial charge on any atom is 0.248 e. The van der Waals surface area contributed by atoms with E-state index in [4.69, 9.17) is 28.9 Å². The molecule has 1 aromatic heterocycles. The third-order valence-electron chi connectivity index (χ3n) is 4.48. The number of phenols is 1. The van der Waals surface area contributed by atoms with Gasteiger partial charge in [0.2, 0.25) is 11.9 Å². The number of aromatic hydroxyl groups is 1. The minimum atomic E-state index is -0.669. The number of nitrogens with zero attached hydrogens (tertiary/aromatic N) is 3. The Morgan fingerprint density at radius 1 is 1.25 bits per heavy atom. The summed E-state index contributed by atoms with van der Waals surface area (Å²) in [5.74, 6) is 0.313. The Labute approximate surface area is 170 Å². The molecule has 1 aliphatic heterocycles. The number of fused-ring (bicyclic) bond motifs is 1. The average Bonchev–Trinajstić information content (AvgIpc) is 3.04. The summed E-state index contributed by atoms with van der Waals surface area (Å²) in [4.78, 5) is 16.7. The largest absolute Gasteiger partial charge is 0.508 e. The van der Waals surface area contributed by atoms with Gasteiger partial charge in [-0.15, -0.1) is 5.10 Å². The van der Waals surface area contributed by atoms with Crippen molar-refractivity contribution in [2.24, 2.45) is 5.73 Å². The molecule has 4 rings (SSSR count). The lowest BCUT2D eigenvalue weighted by molar-refractivity contribution is -0.115. The molecule has 0 bridgehead atoms. The summed E-state index contributed by atoms with van der Waals surface area (Å²) in [6.45, 7) is 1.74. The fraction of sp³-hybridized carbons (Fsp3) is 0.105. The summed E-state index contributed by atoms with van der Waals surface area (Å²) in [5, 5.41) is 18.2. The lowest BCUT2D eigenvalue weighted by Crippen LogP contribution is -2.32. The van der Waals surface area contributed by atoms with Gasteiger partial charge in [-0.3, -0.25) is 4.79 Å².